The maximum atomic E-state index is 12.0. The minimum atomic E-state index is -1.07. The van der Waals surface area contributed by atoms with Crippen LogP contribution in [0.4, 0.5) is 0 Å². The highest BCUT2D eigenvalue weighted by molar-refractivity contribution is 7.84. The van der Waals surface area contributed by atoms with E-state index in [4.69, 9.17) is 9.52 Å². The van der Waals surface area contributed by atoms with E-state index in [0.717, 1.165) is 25.7 Å². The molecule has 1 aliphatic rings. The Bertz CT molecular complexity index is 443. The monoisotopic (exact) mass is 256 g/mol. The molecule has 1 aromatic heterocycles. The maximum absolute atomic E-state index is 12.0. The Kier molecular flexibility index (Phi) is 3.66. The van der Waals surface area contributed by atoms with Gasteiger partial charge in [0.2, 0.25) is 5.76 Å². The van der Waals surface area contributed by atoms with E-state index < -0.39 is 16.8 Å². The topological polar surface area (TPSA) is 67.5 Å². The van der Waals surface area contributed by atoms with Crippen molar-refractivity contribution >= 4 is 16.8 Å². The number of aryl methyl sites for hydroxylation is 1. The van der Waals surface area contributed by atoms with E-state index in [0.29, 0.717) is 17.1 Å². The van der Waals surface area contributed by atoms with Crippen molar-refractivity contribution < 1.29 is 18.5 Å². The molecule has 1 atom stereocenters. The highest BCUT2D eigenvalue weighted by atomic mass is 32.2. The largest absolute Gasteiger partial charge is 0.475 e. The summed E-state index contributed by atoms with van der Waals surface area (Å²) in [6.07, 6.45) is 4.32. The second-order valence-electron chi connectivity index (χ2n) is 4.46. The van der Waals surface area contributed by atoms with E-state index in [1.165, 1.54) is 0 Å². The molecular weight excluding hydrogens is 240 g/mol. The van der Waals surface area contributed by atoms with Gasteiger partial charge in [0.1, 0.15) is 5.76 Å². The van der Waals surface area contributed by atoms with E-state index in [1.807, 2.05) is 0 Å². The molecular formula is C12H16O4S. The van der Waals surface area contributed by atoms with Crippen LogP contribution in [-0.2, 0) is 16.6 Å². The van der Waals surface area contributed by atoms with Gasteiger partial charge in [-0.15, -0.1) is 0 Å². The zero-order valence-electron chi connectivity index (χ0n) is 9.77. The highest BCUT2D eigenvalue weighted by Gasteiger charge is 2.23. The molecule has 1 aromatic rings. The lowest BCUT2D eigenvalue weighted by molar-refractivity contribution is 0.0659. The maximum Gasteiger partial charge on any atom is 0.372 e. The molecule has 1 unspecified atom stereocenters. The smallest absolute Gasteiger partial charge is 0.372 e. The van der Waals surface area contributed by atoms with Crippen molar-refractivity contribution in [1.82, 2.24) is 0 Å². The summed E-state index contributed by atoms with van der Waals surface area (Å²) < 4.78 is 17.2. The van der Waals surface area contributed by atoms with Crippen LogP contribution in [0.2, 0.25) is 0 Å². The standard InChI is InChI=1S/C12H16O4S/c1-8-6-9(16-11(8)12(13)14)7-17(15)10-4-2-3-5-10/h6,10H,2-5,7H2,1H3,(H,13,14). The first-order valence-electron chi connectivity index (χ1n) is 5.77. The lowest BCUT2D eigenvalue weighted by Gasteiger charge is -2.06. The van der Waals surface area contributed by atoms with Gasteiger partial charge in [-0.1, -0.05) is 12.8 Å². The Hall–Kier alpha value is -1.10. The van der Waals surface area contributed by atoms with Crippen LogP contribution in [0, 0.1) is 6.92 Å². The van der Waals surface area contributed by atoms with Gasteiger partial charge in [-0.05, 0) is 25.8 Å². The molecule has 0 spiro atoms. The summed E-state index contributed by atoms with van der Waals surface area (Å²) in [5, 5.41) is 9.11. The molecule has 0 amide bonds. The Morgan fingerprint density at radius 3 is 2.71 bits per heavy atom. The third kappa shape index (κ3) is 2.77. The van der Waals surface area contributed by atoms with Crippen molar-refractivity contribution in [1.29, 1.82) is 0 Å². The van der Waals surface area contributed by atoms with Gasteiger partial charge in [0.05, 0.1) is 5.75 Å². The summed E-state index contributed by atoms with van der Waals surface area (Å²) >= 11 is 0. The highest BCUT2D eigenvalue weighted by Crippen LogP contribution is 2.25. The molecule has 1 fully saturated rings. The third-order valence-corrected chi connectivity index (χ3v) is 4.91. The summed E-state index contributed by atoms with van der Waals surface area (Å²) in [6, 6.07) is 1.68. The first kappa shape index (κ1) is 12.4. The van der Waals surface area contributed by atoms with Crippen molar-refractivity contribution in [2.45, 2.75) is 43.6 Å². The lowest BCUT2D eigenvalue weighted by Crippen LogP contribution is -2.11. The van der Waals surface area contributed by atoms with Gasteiger partial charge in [0, 0.05) is 21.6 Å². The molecule has 5 heteroatoms. The van der Waals surface area contributed by atoms with Crippen LogP contribution < -0.4 is 0 Å². The van der Waals surface area contributed by atoms with E-state index in [2.05, 4.69) is 0 Å². The fourth-order valence-electron chi connectivity index (χ4n) is 2.24. The molecule has 2 rings (SSSR count). The molecule has 1 aliphatic carbocycles. The van der Waals surface area contributed by atoms with Gasteiger partial charge in [0.25, 0.3) is 0 Å². The molecule has 0 aromatic carbocycles. The van der Waals surface area contributed by atoms with Gasteiger partial charge < -0.3 is 9.52 Å². The fourth-order valence-corrected chi connectivity index (χ4v) is 3.76. The van der Waals surface area contributed by atoms with Crippen molar-refractivity contribution in [3.8, 4) is 0 Å². The zero-order chi connectivity index (χ0) is 12.4. The summed E-state index contributed by atoms with van der Waals surface area (Å²) in [7, 11) is -0.941. The number of carboxylic acid groups (broad SMARTS) is 1. The Morgan fingerprint density at radius 1 is 1.53 bits per heavy atom. The number of furan rings is 1. The molecule has 0 aliphatic heterocycles. The van der Waals surface area contributed by atoms with Gasteiger partial charge in [-0.3, -0.25) is 4.21 Å². The van der Waals surface area contributed by atoms with Crippen LogP contribution in [-0.4, -0.2) is 20.5 Å². The predicted molar refractivity (Wildman–Crippen MR) is 64.5 cm³/mol. The number of rotatable bonds is 4. The fraction of sp³-hybridized carbons (Fsp3) is 0.583. The summed E-state index contributed by atoms with van der Waals surface area (Å²) in [5.74, 6) is -0.257. The third-order valence-electron chi connectivity index (χ3n) is 3.12. The Balaban J connectivity index is 2.05. The van der Waals surface area contributed by atoms with Crippen LogP contribution in [0.5, 0.6) is 0 Å². The van der Waals surface area contributed by atoms with Crippen molar-refractivity contribution in [2.24, 2.45) is 0 Å². The summed E-state index contributed by atoms with van der Waals surface area (Å²) in [5.41, 5.74) is 0.593. The zero-order valence-corrected chi connectivity index (χ0v) is 10.6. The van der Waals surface area contributed by atoms with Crippen molar-refractivity contribution in [2.75, 3.05) is 0 Å². The Morgan fingerprint density at radius 2 is 2.18 bits per heavy atom. The van der Waals surface area contributed by atoms with E-state index in [-0.39, 0.29) is 11.0 Å². The summed E-state index contributed by atoms with van der Waals surface area (Å²) in [6.45, 7) is 1.69. The second-order valence-corrected chi connectivity index (χ2v) is 6.18. The lowest BCUT2D eigenvalue weighted by atomic mass is 10.3. The van der Waals surface area contributed by atoms with E-state index in [9.17, 15) is 9.00 Å². The Labute approximate surface area is 102 Å². The van der Waals surface area contributed by atoms with Crippen LogP contribution in [0.3, 0.4) is 0 Å². The molecule has 0 radical (unpaired) electrons. The van der Waals surface area contributed by atoms with Crippen molar-refractivity contribution in [3.63, 3.8) is 0 Å². The number of carbonyl (C=O) groups is 1. The minimum absolute atomic E-state index is 0.0385. The molecule has 4 nitrogen and oxygen atoms in total. The number of carboxylic acids is 1. The molecule has 1 heterocycles. The van der Waals surface area contributed by atoms with Crippen LogP contribution >= 0.6 is 0 Å². The molecule has 17 heavy (non-hydrogen) atoms. The SMILES string of the molecule is Cc1cc(CS(=O)C2CCCC2)oc1C(=O)O. The normalized spacial score (nSPS) is 18.4. The molecule has 1 saturated carbocycles. The van der Waals surface area contributed by atoms with Crippen molar-refractivity contribution in [3.05, 3.63) is 23.2 Å². The predicted octanol–water partition coefficient (Wildman–Crippen LogP) is 2.48. The minimum Gasteiger partial charge on any atom is -0.475 e. The molecule has 94 valence electrons. The van der Waals surface area contributed by atoms with Crippen LogP contribution in [0.15, 0.2) is 10.5 Å². The number of hydrogen-bond acceptors (Lipinski definition) is 3. The van der Waals surface area contributed by atoms with Crippen LogP contribution in [0.25, 0.3) is 0 Å². The van der Waals surface area contributed by atoms with E-state index >= 15 is 0 Å². The molecule has 0 saturated heterocycles. The first-order chi connectivity index (χ1) is 8.08. The quantitative estimate of drug-likeness (QED) is 0.898. The molecule has 0 bridgehead atoms. The average molecular weight is 256 g/mol. The van der Waals surface area contributed by atoms with Crippen LogP contribution in [0.1, 0.15) is 47.6 Å². The van der Waals surface area contributed by atoms with Gasteiger partial charge in [-0.2, -0.15) is 0 Å². The second kappa shape index (κ2) is 5.04. The first-order valence-corrected chi connectivity index (χ1v) is 7.16. The van der Waals surface area contributed by atoms with Gasteiger partial charge in [0.15, 0.2) is 0 Å². The van der Waals surface area contributed by atoms with E-state index in [1.54, 1.807) is 13.0 Å². The van der Waals surface area contributed by atoms with Gasteiger partial charge >= 0.3 is 5.97 Å². The average Bonchev–Trinajstić information content (AvgIpc) is 2.86. The summed E-state index contributed by atoms with van der Waals surface area (Å²) in [4.78, 5) is 10.8. The number of hydrogen-bond donors (Lipinski definition) is 1. The van der Waals surface area contributed by atoms with Gasteiger partial charge in [-0.25, -0.2) is 4.79 Å². The molecule has 1 N–H and O–H groups in total. The number of aromatic carboxylic acids is 1.